The Kier molecular flexibility index (Phi) is 8.65. The Morgan fingerprint density at radius 1 is 0.767 bits per heavy atom. The zero-order valence-electron chi connectivity index (χ0n) is 18.5. The Balaban J connectivity index is 1.37. The van der Waals surface area contributed by atoms with Crippen LogP contribution < -0.4 is 0 Å². The lowest BCUT2D eigenvalue weighted by Crippen LogP contribution is -2.18. The number of benzene rings is 1. The fourth-order valence-corrected chi connectivity index (χ4v) is 5.76. The van der Waals surface area contributed by atoms with Gasteiger partial charge >= 0.3 is 6.18 Å². The summed E-state index contributed by atoms with van der Waals surface area (Å²) in [6.45, 7) is 2.27. The molecule has 3 rings (SSSR count). The van der Waals surface area contributed by atoms with Gasteiger partial charge in [-0.2, -0.15) is 13.2 Å². The summed E-state index contributed by atoms with van der Waals surface area (Å²) in [5.74, 6) is 1.94. The molecule has 0 atom stereocenters. The average molecular weight is 427 g/mol. The van der Waals surface area contributed by atoms with Gasteiger partial charge in [0.2, 0.25) is 0 Å². The molecule has 0 unspecified atom stereocenters. The molecule has 0 bridgehead atoms. The van der Waals surface area contributed by atoms with Crippen molar-refractivity contribution in [1.29, 1.82) is 0 Å². The first kappa shape index (κ1) is 23.6. The molecule has 0 amide bonds. The molecule has 2 aliphatic rings. The van der Waals surface area contributed by atoms with Crippen LogP contribution in [-0.4, -0.2) is 0 Å². The van der Waals surface area contributed by atoms with Gasteiger partial charge in [0.25, 0.3) is 0 Å². The lowest BCUT2D eigenvalue weighted by atomic mass is 9.74. The van der Waals surface area contributed by atoms with E-state index in [2.05, 4.69) is 6.92 Å². The van der Waals surface area contributed by atoms with E-state index >= 15 is 0 Å². The summed E-state index contributed by atoms with van der Waals surface area (Å²) in [5.41, 5.74) is -0.416. The van der Waals surface area contributed by atoms with Gasteiger partial charge in [0.1, 0.15) is 5.82 Å². The molecule has 0 saturated heterocycles. The lowest BCUT2D eigenvalue weighted by Gasteiger charge is -2.32. The van der Waals surface area contributed by atoms with Crippen molar-refractivity contribution in [2.45, 2.75) is 109 Å². The van der Waals surface area contributed by atoms with Gasteiger partial charge in [-0.25, -0.2) is 4.39 Å². The van der Waals surface area contributed by atoms with E-state index in [0.717, 1.165) is 43.6 Å². The van der Waals surface area contributed by atoms with E-state index in [1.165, 1.54) is 70.3 Å². The van der Waals surface area contributed by atoms with Gasteiger partial charge in [-0.05, 0) is 67.1 Å². The second-order valence-corrected chi connectivity index (χ2v) is 9.91. The molecule has 4 heteroatoms. The molecule has 2 fully saturated rings. The molecule has 0 aromatic heterocycles. The normalized spacial score (nSPS) is 27.9. The molecule has 2 saturated carbocycles. The Bertz CT molecular complexity index is 635. The largest absolute Gasteiger partial charge is 0.416 e. The fraction of sp³-hybridized carbons (Fsp3) is 0.769. The first-order valence-electron chi connectivity index (χ1n) is 12.2. The Hall–Kier alpha value is -1.06. The van der Waals surface area contributed by atoms with Crippen molar-refractivity contribution in [3.05, 3.63) is 35.1 Å². The summed E-state index contributed by atoms with van der Waals surface area (Å²) >= 11 is 0. The minimum Gasteiger partial charge on any atom is -0.207 e. The van der Waals surface area contributed by atoms with E-state index in [4.69, 9.17) is 0 Å². The minimum absolute atomic E-state index is 0.0714. The van der Waals surface area contributed by atoms with Crippen LogP contribution in [0.4, 0.5) is 17.6 Å². The third-order valence-corrected chi connectivity index (χ3v) is 7.78. The summed E-state index contributed by atoms with van der Waals surface area (Å²) in [4.78, 5) is 0. The molecule has 1 aromatic rings. The molecule has 0 nitrogen and oxygen atoms in total. The van der Waals surface area contributed by atoms with Gasteiger partial charge < -0.3 is 0 Å². The highest BCUT2D eigenvalue weighted by Gasteiger charge is 2.32. The van der Waals surface area contributed by atoms with Crippen LogP contribution in [0, 0.1) is 23.6 Å². The van der Waals surface area contributed by atoms with Crippen molar-refractivity contribution in [1.82, 2.24) is 0 Å². The van der Waals surface area contributed by atoms with Crippen molar-refractivity contribution in [2.75, 3.05) is 0 Å². The van der Waals surface area contributed by atoms with Gasteiger partial charge in [-0.1, -0.05) is 77.2 Å². The standard InChI is InChI=1S/C26H38F4/c1-2-3-4-5-19-6-8-20(9-7-19)10-11-21-12-14-22(15-13-21)24-17-16-23(18-25(24)27)26(28,29)30/h16-22H,2-15H2,1H3. The van der Waals surface area contributed by atoms with E-state index < -0.39 is 17.6 Å². The fourth-order valence-electron chi connectivity index (χ4n) is 5.76. The first-order chi connectivity index (χ1) is 14.4. The molecule has 2 aliphatic carbocycles. The highest BCUT2D eigenvalue weighted by atomic mass is 19.4. The van der Waals surface area contributed by atoms with Crippen molar-refractivity contribution in [3.63, 3.8) is 0 Å². The Morgan fingerprint density at radius 3 is 1.80 bits per heavy atom. The van der Waals surface area contributed by atoms with Crippen molar-refractivity contribution in [3.8, 4) is 0 Å². The predicted molar refractivity (Wildman–Crippen MR) is 115 cm³/mol. The van der Waals surface area contributed by atoms with Crippen molar-refractivity contribution >= 4 is 0 Å². The SMILES string of the molecule is CCCCCC1CCC(CCC2CCC(c3ccc(C(F)(F)F)cc3F)CC2)CC1. The molecule has 0 aliphatic heterocycles. The van der Waals surface area contributed by atoms with Crippen LogP contribution in [0.3, 0.4) is 0 Å². The number of unbranched alkanes of at least 4 members (excludes halogenated alkanes) is 2. The summed E-state index contributed by atoms with van der Waals surface area (Å²) < 4.78 is 52.5. The van der Waals surface area contributed by atoms with Crippen LogP contribution in [-0.2, 0) is 6.18 Å². The summed E-state index contributed by atoms with van der Waals surface area (Å²) in [7, 11) is 0. The molecule has 0 heterocycles. The highest BCUT2D eigenvalue weighted by molar-refractivity contribution is 5.29. The third kappa shape index (κ3) is 6.72. The smallest absolute Gasteiger partial charge is 0.207 e. The number of alkyl halides is 3. The number of hydrogen-bond donors (Lipinski definition) is 0. The maximum absolute atomic E-state index is 14.3. The van der Waals surface area contributed by atoms with Crippen molar-refractivity contribution < 1.29 is 17.6 Å². The van der Waals surface area contributed by atoms with Gasteiger partial charge in [-0.3, -0.25) is 0 Å². The molecule has 1 aromatic carbocycles. The second kappa shape index (κ2) is 11.0. The highest BCUT2D eigenvalue weighted by Crippen LogP contribution is 2.41. The van der Waals surface area contributed by atoms with Crippen LogP contribution >= 0.6 is 0 Å². The number of hydrogen-bond acceptors (Lipinski definition) is 0. The Morgan fingerprint density at radius 2 is 1.30 bits per heavy atom. The van der Waals surface area contributed by atoms with Gasteiger partial charge in [0.05, 0.1) is 5.56 Å². The zero-order valence-corrected chi connectivity index (χ0v) is 18.5. The summed E-state index contributed by atoms with van der Waals surface area (Å²) in [6.07, 6.45) is 13.2. The number of rotatable bonds is 8. The van der Waals surface area contributed by atoms with E-state index in [-0.39, 0.29) is 5.92 Å². The zero-order chi connectivity index (χ0) is 21.6. The van der Waals surface area contributed by atoms with Crippen LogP contribution in [0.25, 0.3) is 0 Å². The molecular weight excluding hydrogens is 388 g/mol. The lowest BCUT2D eigenvalue weighted by molar-refractivity contribution is -0.137. The maximum Gasteiger partial charge on any atom is 0.416 e. The monoisotopic (exact) mass is 426 g/mol. The van der Waals surface area contributed by atoms with E-state index in [1.807, 2.05) is 0 Å². The molecule has 170 valence electrons. The molecular formula is C26H38F4. The number of halogens is 4. The molecule has 0 radical (unpaired) electrons. The minimum atomic E-state index is -4.48. The van der Waals surface area contributed by atoms with Gasteiger partial charge in [0, 0.05) is 0 Å². The maximum atomic E-state index is 14.3. The summed E-state index contributed by atoms with van der Waals surface area (Å²) in [6, 6.07) is 3.06. The second-order valence-electron chi connectivity index (χ2n) is 9.91. The Labute approximate surface area is 179 Å². The third-order valence-electron chi connectivity index (χ3n) is 7.78. The topological polar surface area (TPSA) is 0 Å². The van der Waals surface area contributed by atoms with Gasteiger partial charge in [0.15, 0.2) is 0 Å². The average Bonchev–Trinajstić information content (AvgIpc) is 2.73. The van der Waals surface area contributed by atoms with Crippen LogP contribution in [0.5, 0.6) is 0 Å². The van der Waals surface area contributed by atoms with Gasteiger partial charge in [-0.15, -0.1) is 0 Å². The molecule has 30 heavy (non-hydrogen) atoms. The molecule has 0 N–H and O–H groups in total. The van der Waals surface area contributed by atoms with Crippen molar-refractivity contribution in [2.24, 2.45) is 17.8 Å². The van der Waals surface area contributed by atoms with Crippen LogP contribution in [0.1, 0.15) is 114 Å². The van der Waals surface area contributed by atoms with E-state index in [1.54, 1.807) is 0 Å². The first-order valence-corrected chi connectivity index (χ1v) is 12.2. The van der Waals surface area contributed by atoms with Crippen LogP contribution in [0.2, 0.25) is 0 Å². The van der Waals surface area contributed by atoms with E-state index in [0.29, 0.717) is 17.5 Å². The van der Waals surface area contributed by atoms with Crippen LogP contribution in [0.15, 0.2) is 18.2 Å². The van der Waals surface area contributed by atoms with E-state index in [9.17, 15) is 17.6 Å². The summed E-state index contributed by atoms with van der Waals surface area (Å²) in [5, 5.41) is 0. The quantitative estimate of drug-likeness (QED) is 0.287. The predicted octanol–water partition coefficient (Wildman–Crippen LogP) is 9.29. The molecule has 0 spiro atoms.